The number of aromatic hydroxyl groups is 1. The molecule has 0 aromatic carbocycles. The molecule has 5 nitrogen and oxygen atoms in total. The Bertz CT molecular complexity index is 629. The second-order valence-corrected chi connectivity index (χ2v) is 5.15. The first-order valence-corrected chi connectivity index (χ1v) is 6.31. The number of nitrogens with one attached hydrogen (secondary N) is 1. The van der Waals surface area contributed by atoms with E-state index >= 15 is 0 Å². The van der Waals surface area contributed by atoms with Gasteiger partial charge in [0.15, 0.2) is 0 Å². The second kappa shape index (κ2) is 3.84. The molecule has 84 valence electrons. The maximum Gasteiger partial charge on any atom is 0.252 e. The number of thioether (sulfide) groups is 1. The van der Waals surface area contributed by atoms with Crippen molar-refractivity contribution in [2.45, 2.75) is 4.21 Å². The van der Waals surface area contributed by atoms with Crippen LogP contribution in [0.4, 0.5) is 0 Å². The largest absolute Gasteiger partial charge is 0.506 e. The van der Waals surface area contributed by atoms with Gasteiger partial charge < -0.3 is 15.8 Å². The van der Waals surface area contributed by atoms with Crippen molar-refractivity contribution < 1.29 is 9.90 Å². The second-order valence-electron chi connectivity index (χ2n) is 3.06. The van der Waals surface area contributed by atoms with E-state index in [0.29, 0.717) is 14.4 Å². The summed E-state index contributed by atoms with van der Waals surface area (Å²) in [5, 5.41) is 9.60. The Morgan fingerprint density at radius 2 is 2.31 bits per heavy atom. The molecule has 16 heavy (non-hydrogen) atoms. The molecule has 4 N–H and O–H groups in total. The molecule has 2 aromatic rings. The number of hydrogen-bond acceptors (Lipinski definition) is 5. The van der Waals surface area contributed by atoms with Gasteiger partial charge in [-0.05, 0) is 6.26 Å². The number of pyridine rings is 1. The van der Waals surface area contributed by atoms with E-state index in [0.717, 1.165) is 6.07 Å². The van der Waals surface area contributed by atoms with Crippen LogP contribution in [0.3, 0.4) is 0 Å². The standard InChI is InChI=1S/C9H8N2O3S2/c1-15-9-5(8(10)14)6-7(16-9)3(12)2-4(13)11-6/h2H,1H3,(H2,10,14)(H2,11,12,13). The van der Waals surface area contributed by atoms with Gasteiger partial charge in [-0.3, -0.25) is 9.59 Å². The van der Waals surface area contributed by atoms with Crippen LogP contribution in [0.15, 0.2) is 15.1 Å². The highest BCUT2D eigenvalue weighted by molar-refractivity contribution is 8.00. The van der Waals surface area contributed by atoms with Crippen LogP contribution in [0.2, 0.25) is 0 Å². The van der Waals surface area contributed by atoms with E-state index in [9.17, 15) is 14.7 Å². The minimum atomic E-state index is -0.614. The number of fused-ring (bicyclic) bond motifs is 1. The van der Waals surface area contributed by atoms with Crippen molar-refractivity contribution in [3.63, 3.8) is 0 Å². The van der Waals surface area contributed by atoms with Gasteiger partial charge >= 0.3 is 0 Å². The van der Waals surface area contributed by atoms with E-state index in [2.05, 4.69) is 4.98 Å². The molecular formula is C9H8N2O3S2. The summed E-state index contributed by atoms with van der Waals surface area (Å²) in [7, 11) is 0. The smallest absolute Gasteiger partial charge is 0.252 e. The molecule has 1 amide bonds. The summed E-state index contributed by atoms with van der Waals surface area (Å²) >= 11 is 2.58. The molecule has 0 aliphatic carbocycles. The number of hydrogen-bond donors (Lipinski definition) is 3. The molecule has 0 fully saturated rings. The number of primary amides is 1. The molecule has 0 saturated carbocycles. The lowest BCUT2D eigenvalue weighted by Crippen LogP contribution is -2.13. The van der Waals surface area contributed by atoms with Gasteiger partial charge in [-0.1, -0.05) is 0 Å². The zero-order chi connectivity index (χ0) is 11.9. The fraction of sp³-hybridized carbons (Fsp3) is 0.111. The fourth-order valence-electron chi connectivity index (χ4n) is 1.43. The Morgan fingerprint density at radius 1 is 1.62 bits per heavy atom. The van der Waals surface area contributed by atoms with Gasteiger partial charge in [0.1, 0.15) is 5.75 Å². The van der Waals surface area contributed by atoms with Crippen LogP contribution in [0, 0.1) is 0 Å². The van der Waals surface area contributed by atoms with Crippen LogP contribution in [0.25, 0.3) is 10.2 Å². The van der Waals surface area contributed by atoms with Crippen molar-refractivity contribution in [2.75, 3.05) is 6.26 Å². The average Bonchev–Trinajstić information content (AvgIpc) is 2.56. The van der Waals surface area contributed by atoms with Gasteiger partial charge in [-0.25, -0.2) is 0 Å². The molecule has 7 heteroatoms. The van der Waals surface area contributed by atoms with Crippen LogP contribution >= 0.6 is 23.1 Å². The minimum Gasteiger partial charge on any atom is -0.506 e. The van der Waals surface area contributed by atoms with Crippen molar-refractivity contribution >= 4 is 39.2 Å². The SMILES string of the molecule is CSc1sc2c(O)cc(=O)[nH]c2c1C(N)=O. The van der Waals surface area contributed by atoms with Crippen LogP contribution in [-0.4, -0.2) is 22.3 Å². The number of thiophene rings is 1. The van der Waals surface area contributed by atoms with Gasteiger partial charge in [0.05, 0.1) is 20.0 Å². The third-order valence-electron chi connectivity index (χ3n) is 2.06. The summed E-state index contributed by atoms with van der Waals surface area (Å²) in [5.41, 5.74) is 5.37. The third kappa shape index (κ3) is 1.57. The van der Waals surface area contributed by atoms with E-state index in [4.69, 9.17) is 5.73 Å². The topological polar surface area (TPSA) is 96.2 Å². The maximum atomic E-state index is 11.3. The van der Waals surface area contributed by atoms with Crippen molar-refractivity contribution in [2.24, 2.45) is 5.73 Å². The maximum absolute atomic E-state index is 11.3. The summed E-state index contributed by atoms with van der Waals surface area (Å²) in [4.78, 5) is 25.0. The number of carbonyl (C=O) groups is 1. The number of aromatic amines is 1. The lowest BCUT2D eigenvalue weighted by molar-refractivity contribution is 0.0999. The lowest BCUT2D eigenvalue weighted by atomic mass is 10.2. The summed E-state index contributed by atoms with van der Waals surface area (Å²) in [6, 6.07) is 1.08. The molecule has 2 heterocycles. The monoisotopic (exact) mass is 256 g/mol. The van der Waals surface area contributed by atoms with Crippen LogP contribution < -0.4 is 11.3 Å². The zero-order valence-corrected chi connectivity index (χ0v) is 9.87. The first-order chi connectivity index (χ1) is 7.54. The third-order valence-corrected chi connectivity index (χ3v) is 4.39. The van der Waals surface area contributed by atoms with Gasteiger partial charge in [0, 0.05) is 6.07 Å². The molecule has 0 bridgehead atoms. The predicted octanol–water partition coefficient (Wildman–Crippen LogP) is 1.12. The number of carbonyl (C=O) groups excluding carboxylic acids is 1. The van der Waals surface area contributed by atoms with Crippen molar-refractivity contribution in [3.8, 4) is 5.75 Å². The highest BCUT2D eigenvalue weighted by Crippen LogP contribution is 2.38. The van der Waals surface area contributed by atoms with E-state index in [1.165, 1.54) is 23.1 Å². The number of aromatic nitrogens is 1. The molecule has 0 spiro atoms. The number of amides is 1. The highest BCUT2D eigenvalue weighted by Gasteiger charge is 2.19. The van der Waals surface area contributed by atoms with Gasteiger partial charge in [0.25, 0.3) is 11.5 Å². The Labute approximate surface area is 98.3 Å². The zero-order valence-electron chi connectivity index (χ0n) is 8.23. The number of nitrogens with two attached hydrogens (primary N) is 1. The number of rotatable bonds is 2. The molecule has 0 radical (unpaired) electrons. The average molecular weight is 256 g/mol. The Hall–Kier alpha value is -1.47. The Balaban J connectivity index is 2.95. The summed E-state index contributed by atoms with van der Waals surface area (Å²) in [5.74, 6) is -0.747. The van der Waals surface area contributed by atoms with Crippen molar-refractivity contribution in [3.05, 3.63) is 22.0 Å². The van der Waals surface area contributed by atoms with E-state index in [1.807, 2.05) is 0 Å². The summed E-state index contributed by atoms with van der Waals surface area (Å²) in [6.45, 7) is 0. The lowest BCUT2D eigenvalue weighted by Gasteiger charge is -1.96. The van der Waals surface area contributed by atoms with Crippen LogP contribution in [-0.2, 0) is 0 Å². The molecule has 0 unspecified atom stereocenters. The van der Waals surface area contributed by atoms with E-state index < -0.39 is 11.5 Å². The molecule has 0 atom stereocenters. The molecule has 2 rings (SSSR count). The predicted molar refractivity (Wildman–Crippen MR) is 64.4 cm³/mol. The molecule has 0 aliphatic heterocycles. The van der Waals surface area contributed by atoms with E-state index in [1.54, 1.807) is 6.26 Å². The van der Waals surface area contributed by atoms with Crippen molar-refractivity contribution in [1.82, 2.24) is 4.98 Å². The summed E-state index contributed by atoms with van der Waals surface area (Å²) < 4.78 is 1.15. The van der Waals surface area contributed by atoms with Gasteiger partial charge in [-0.15, -0.1) is 23.1 Å². The first-order valence-electron chi connectivity index (χ1n) is 4.27. The fourth-order valence-corrected chi connectivity index (χ4v) is 3.33. The van der Waals surface area contributed by atoms with Gasteiger partial charge in [0.2, 0.25) is 0 Å². The summed E-state index contributed by atoms with van der Waals surface area (Å²) in [6.07, 6.45) is 1.80. The van der Waals surface area contributed by atoms with Crippen LogP contribution in [0.5, 0.6) is 5.75 Å². The molecule has 0 aliphatic rings. The Kier molecular flexibility index (Phi) is 2.64. The molecule has 0 saturated heterocycles. The van der Waals surface area contributed by atoms with Crippen molar-refractivity contribution in [1.29, 1.82) is 0 Å². The quantitative estimate of drug-likeness (QED) is 0.701. The highest BCUT2D eigenvalue weighted by atomic mass is 32.2. The van der Waals surface area contributed by atoms with E-state index in [-0.39, 0.29) is 11.3 Å². The first kappa shape index (κ1) is 11.0. The van der Waals surface area contributed by atoms with Crippen LogP contribution in [0.1, 0.15) is 10.4 Å². The Morgan fingerprint density at radius 3 is 2.88 bits per heavy atom. The normalized spacial score (nSPS) is 10.8. The molecular weight excluding hydrogens is 248 g/mol. The minimum absolute atomic E-state index is 0.133. The molecule has 2 aromatic heterocycles. The number of H-pyrrole nitrogens is 1. The van der Waals surface area contributed by atoms with Gasteiger partial charge in [-0.2, -0.15) is 0 Å².